The normalized spacial score (nSPS) is 11.8. The van der Waals surface area contributed by atoms with Gasteiger partial charge in [-0.3, -0.25) is 4.79 Å². The molecule has 0 amide bonds. The molecule has 0 aliphatic rings. The number of halogens is 4. The van der Waals surface area contributed by atoms with Crippen molar-refractivity contribution in [1.29, 1.82) is 5.26 Å². The SMILES string of the molecule is N#CC(C(=O)c1ccc(Cl)c(Cl)c1)c1ccc(F)cc1Cl. The highest BCUT2D eigenvalue weighted by Gasteiger charge is 2.24. The van der Waals surface area contributed by atoms with E-state index in [-0.39, 0.29) is 21.2 Å². The quantitative estimate of drug-likeness (QED) is 0.712. The molecule has 106 valence electrons. The molecule has 1 unspecified atom stereocenters. The van der Waals surface area contributed by atoms with E-state index in [4.69, 9.17) is 34.8 Å². The smallest absolute Gasteiger partial charge is 0.184 e. The highest BCUT2D eigenvalue weighted by Crippen LogP contribution is 2.30. The van der Waals surface area contributed by atoms with Crippen molar-refractivity contribution in [3.63, 3.8) is 0 Å². The maximum absolute atomic E-state index is 13.1. The number of hydrogen-bond donors (Lipinski definition) is 0. The third-order valence-corrected chi connectivity index (χ3v) is 3.94. The fraction of sp³-hybridized carbons (Fsp3) is 0.0667. The van der Waals surface area contributed by atoms with E-state index in [0.717, 1.165) is 12.1 Å². The van der Waals surface area contributed by atoms with Gasteiger partial charge < -0.3 is 0 Å². The van der Waals surface area contributed by atoms with Crippen LogP contribution in [-0.2, 0) is 0 Å². The van der Waals surface area contributed by atoms with E-state index in [9.17, 15) is 14.4 Å². The molecule has 2 rings (SSSR count). The number of benzene rings is 2. The van der Waals surface area contributed by atoms with Crippen molar-refractivity contribution in [1.82, 2.24) is 0 Å². The fourth-order valence-electron chi connectivity index (χ4n) is 1.82. The van der Waals surface area contributed by atoms with Crippen LogP contribution in [0.1, 0.15) is 21.8 Å². The van der Waals surface area contributed by atoms with E-state index in [1.165, 1.54) is 24.3 Å². The third-order valence-electron chi connectivity index (χ3n) is 2.87. The Morgan fingerprint density at radius 2 is 1.76 bits per heavy atom. The van der Waals surface area contributed by atoms with Gasteiger partial charge in [-0.05, 0) is 35.9 Å². The highest BCUT2D eigenvalue weighted by atomic mass is 35.5. The molecule has 0 fully saturated rings. The monoisotopic (exact) mass is 341 g/mol. The summed E-state index contributed by atoms with van der Waals surface area (Å²) < 4.78 is 13.1. The first kappa shape index (κ1) is 15.8. The van der Waals surface area contributed by atoms with Crippen LogP contribution in [0.15, 0.2) is 36.4 Å². The van der Waals surface area contributed by atoms with Crippen molar-refractivity contribution in [3.8, 4) is 6.07 Å². The second-order valence-corrected chi connectivity index (χ2v) is 5.44. The van der Waals surface area contributed by atoms with Gasteiger partial charge in [0.1, 0.15) is 11.7 Å². The van der Waals surface area contributed by atoms with Crippen LogP contribution in [0.2, 0.25) is 15.1 Å². The molecule has 6 heteroatoms. The van der Waals surface area contributed by atoms with Crippen LogP contribution in [-0.4, -0.2) is 5.78 Å². The molecular weight excluding hydrogens is 336 g/mol. The number of ketones is 1. The molecule has 2 nitrogen and oxygen atoms in total. The third kappa shape index (κ3) is 3.36. The predicted molar refractivity (Wildman–Crippen MR) is 80.6 cm³/mol. The Morgan fingerprint density at radius 1 is 1.05 bits per heavy atom. The van der Waals surface area contributed by atoms with Gasteiger partial charge in [0.25, 0.3) is 0 Å². The van der Waals surface area contributed by atoms with Crippen molar-refractivity contribution >= 4 is 40.6 Å². The number of nitriles is 1. The molecule has 0 aliphatic heterocycles. The lowest BCUT2D eigenvalue weighted by molar-refractivity contribution is 0.0979. The molecule has 2 aromatic carbocycles. The van der Waals surface area contributed by atoms with Crippen LogP contribution in [0.5, 0.6) is 0 Å². The van der Waals surface area contributed by atoms with E-state index in [2.05, 4.69) is 0 Å². The fourth-order valence-corrected chi connectivity index (χ4v) is 2.40. The largest absolute Gasteiger partial charge is 0.292 e. The van der Waals surface area contributed by atoms with E-state index in [1.54, 1.807) is 0 Å². The van der Waals surface area contributed by atoms with Crippen molar-refractivity contribution in [2.24, 2.45) is 0 Å². The molecule has 21 heavy (non-hydrogen) atoms. The molecule has 1 atom stereocenters. The van der Waals surface area contributed by atoms with Crippen molar-refractivity contribution in [2.75, 3.05) is 0 Å². The molecule has 0 heterocycles. The molecule has 0 N–H and O–H groups in total. The summed E-state index contributed by atoms with van der Waals surface area (Å²) in [4.78, 5) is 12.4. The van der Waals surface area contributed by atoms with E-state index >= 15 is 0 Å². The van der Waals surface area contributed by atoms with Gasteiger partial charge in [-0.25, -0.2) is 4.39 Å². The Morgan fingerprint density at radius 3 is 2.33 bits per heavy atom. The van der Waals surface area contributed by atoms with E-state index < -0.39 is 17.5 Å². The number of nitrogens with zero attached hydrogens (tertiary/aromatic N) is 1. The van der Waals surface area contributed by atoms with Gasteiger partial charge in [0.15, 0.2) is 5.78 Å². The second-order valence-electron chi connectivity index (χ2n) is 4.22. The molecule has 0 spiro atoms. The van der Waals surface area contributed by atoms with Gasteiger partial charge >= 0.3 is 0 Å². The predicted octanol–water partition coefficient (Wildman–Crippen LogP) is 5.28. The Kier molecular flexibility index (Phi) is 4.84. The number of rotatable bonds is 3. The average molecular weight is 343 g/mol. The first-order valence-corrected chi connectivity index (χ1v) is 6.91. The minimum Gasteiger partial charge on any atom is -0.292 e. The zero-order valence-electron chi connectivity index (χ0n) is 10.4. The minimum atomic E-state index is -1.14. The van der Waals surface area contributed by atoms with Crippen molar-refractivity contribution < 1.29 is 9.18 Å². The Bertz CT molecular complexity index is 755. The van der Waals surface area contributed by atoms with Crippen LogP contribution in [0, 0.1) is 17.1 Å². The standard InChI is InChI=1S/C15H7Cl3FNO/c16-12-4-1-8(5-14(12)18)15(21)11(7-20)10-3-2-9(19)6-13(10)17/h1-6,11H. The zero-order chi connectivity index (χ0) is 15.6. The summed E-state index contributed by atoms with van der Waals surface area (Å²) in [5, 5.41) is 9.79. The molecule has 0 aromatic heterocycles. The molecule has 0 aliphatic carbocycles. The molecular formula is C15H7Cl3FNO. The summed E-state index contributed by atoms with van der Waals surface area (Å²) in [6, 6.07) is 9.73. The maximum Gasteiger partial charge on any atom is 0.184 e. The van der Waals surface area contributed by atoms with Crippen LogP contribution >= 0.6 is 34.8 Å². The molecule has 0 saturated carbocycles. The summed E-state index contributed by atoms with van der Waals surface area (Å²) in [7, 11) is 0. The van der Waals surface area contributed by atoms with Crippen LogP contribution in [0.3, 0.4) is 0 Å². The number of carbonyl (C=O) groups excluding carboxylic acids is 1. The zero-order valence-corrected chi connectivity index (χ0v) is 12.7. The lowest BCUT2D eigenvalue weighted by atomic mass is 9.92. The Hall–Kier alpha value is -1.60. The summed E-state index contributed by atoms with van der Waals surface area (Å²) in [5.74, 6) is -2.16. The number of Topliss-reactive ketones (excluding diaryl/α,β-unsaturated/α-hetero) is 1. The van der Waals surface area contributed by atoms with Crippen LogP contribution in [0.4, 0.5) is 4.39 Å². The van der Waals surface area contributed by atoms with Gasteiger partial charge in [-0.15, -0.1) is 0 Å². The van der Waals surface area contributed by atoms with Gasteiger partial charge in [-0.2, -0.15) is 5.26 Å². The first-order valence-electron chi connectivity index (χ1n) is 5.78. The number of hydrogen-bond acceptors (Lipinski definition) is 2. The first-order chi connectivity index (χ1) is 9.93. The summed E-state index contributed by atoms with van der Waals surface area (Å²) >= 11 is 17.5. The van der Waals surface area contributed by atoms with Gasteiger partial charge in [0.2, 0.25) is 0 Å². The molecule has 2 aromatic rings. The topological polar surface area (TPSA) is 40.9 Å². The van der Waals surface area contributed by atoms with Crippen molar-refractivity contribution in [2.45, 2.75) is 5.92 Å². The Balaban J connectivity index is 2.43. The average Bonchev–Trinajstić information content (AvgIpc) is 2.44. The summed E-state index contributed by atoms with van der Waals surface area (Å²) in [6.45, 7) is 0. The lowest BCUT2D eigenvalue weighted by Crippen LogP contribution is -2.12. The summed E-state index contributed by atoms with van der Waals surface area (Å²) in [6.07, 6.45) is 0. The molecule has 0 radical (unpaired) electrons. The maximum atomic E-state index is 13.1. The lowest BCUT2D eigenvalue weighted by Gasteiger charge is -2.11. The van der Waals surface area contributed by atoms with Crippen molar-refractivity contribution in [3.05, 3.63) is 68.4 Å². The van der Waals surface area contributed by atoms with Crippen LogP contribution < -0.4 is 0 Å². The molecule has 0 bridgehead atoms. The minimum absolute atomic E-state index is 0.0231. The van der Waals surface area contributed by atoms with E-state index in [0.29, 0.717) is 5.02 Å². The number of carbonyl (C=O) groups is 1. The van der Waals surface area contributed by atoms with Gasteiger partial charge in [0.05, 0.1) is 16.1 Å². The van der Waals surface area contributed by atoms with Crippen LogP contribution in [0.25, 0.3) is 0 Å². The molecule has 0 saturated heterocycles. The van der Waals surface area contributed by atoms with E-state index in [1.807, 2.05) is 6.07 Å². The summed E-state index contributed by atoms with van der Waals surface area (Å²) in [5.41, 5.74) is 0.480. The highest BCUT2D eigenvalue weighted by molar-refractivity contribution is 6.42. The Labute approximate surface area is 135 Å². The van der Waals surface area contributed by atoms with Gasteiger partial charge in [-0.1, -0.05) is 40.9 Å². The van der Waals surface area contributed by atoms with Gasteiger partial charge in [0, 0.05) is 10.6 Å². The second kappa shape index (κ2) is 6.44.